The Morgan fingerprint density at radius 2 is 2.06 bits per heavy atom. The summed E-state index contributed by atoms with van der Waals surface area (Å²) < 4.78 is 5.98. The van der Waals surface area contributed by atoms with Gasteiger partial charge in [0.25, 0.3) is 0 Å². The van der Waals surface area contributed by atoms with Crippen LogP contribution < -0.4 is 5.73 Å². The smallest absolute Gasteiger partial charge is 0.0631 e. The highest BCUT2D eigenvalue weighted by atomic mass is 16.5. The van der Waals surface area contributed by atoms with Gasteiger partial charge in [-0.15, -0.1) is 0 Å². The molecule has 1 aliphatic heterocycles. The SMILES string of the molecule is CC1(C)CCC(CC(N)Cc2ccccc2)O1. The number of benzene rings is 1. The quantitative estimate of drug-likeness (QED) is 0.868. The highest BCUT2D eigenvalue weighted by molar-refractivity contribution is 5.15. The van der Waals surface area contributed by atoms with E-state index >= 15 is 0 Å². The van der Waals surface area contributed by atoms with Crippen LogP contribution in [0.3, 0.4) is 0 Å². The molecule has 1 aromatic carbocycles. The molecule has 2 atom stereocenters. The Morgan fingerprint density at radius 3 is 2.65 bits per heavy atom. The monoisotopic (exact) mass is 233 g/mol. The molecule has 94 valence electrons. The number of ether oxygens (including phenoxy) is 1. The van der Waals surface area contributed by atoms with Crippen LogP contribution in [0, 0.1) is 0 Å². The molecule has 1 fully saturated rings. The molecule has 2 rings (SSSR count). The minimum atomic E-state index is 0.0527. The third kappa shape index (κ3) is 3.83. The molecular formula is C15H23NO. The second-order valence-corrected chi connectivity index (χ2v) is 5.72. The molecular weight excluding hydrogens is 210 g/mol. The summed E-state index contributed by atoms with van der Waals surface area (Å²) in [4.78, 5) is 0. The van der Waals surface area contributed by atoms with Gasteiger partial charge in [-0.3, -0.25) is 0 Å². The molecule has 0 amide bonds. The lowest BCUT2D eigenvalue weighted by Crippen LogP contribution is -2.29. The fraction of sp³-hybridized carbons (Fsp3) is 0.600. The Morgan fingerprint density at radius 1 is 1.35 bits per heavy atom. The van der Waals surface area contributed by atoms with Crippen LogP contribution in [0.2, 0.25) is 0 Å². The molecule has 0 radical (unpaired) electrons. The van der Waals surface area contributed by atoms with Crippen LogP contribution in [0.4, 0.5) is 0 Å². The molecule has 17 heavy (non-hydrogen) atoms. The molecule has 1 heterocycles. The van der Waals surface area contributed by atoms with E-state index in [0.717, 1.165) is 25.7 Å². The van der Waals surface area contributed by atoms with Gasteiger partial charge in [0.1, 0.15) is 0 Å². The van der Waals surface area contributed by atoms with E-state index in [1.54, 1.807) is 0 Å². The molecule has 0 spiro atoms. The molecule has 2 nitrogen and oxygen atoms in total. The first-order chi connectivity index (χ1) is 8.05. The maximum absolute atomic E-state index is 6.19. The number of rotatable bonds is 4. The van der Waals surface area contributed by atoms with E-state index in [0.29, 0.717) is 6.10 Å². The molecule has 0 aliphatic carbocycles. The van der Waals surface area contributed by atoms with E-state index in [1.807, 2.05) is 6.07 Å². The Hall–Kier alpha value is -0.860. The van der Waals surface area contributed by atoms with Crippen molar-refractivity contribution < 1.29 is 4.74 Å². The first-order valence-corrected chi connectivity index (χ1v) is 6.52. The van der Waals surface area contributed by atoms with Gasteiger partial charge in [-0.05, 0) is 45.1 Å². The van der Waals surface area contributed by atoms with Crippen LogP contribution in [0.1, 0.15) is 38.7 Å². The maximum atomic E-state index is 6.19. The predicted octanol–water partition coefficient (Wildman–Crippen LogP) is 2.90. The molecule has 2 unspecified atom stereocenters. The summed E-state index contributed by atoms with van der Waals surface area (Å²) in [5.41, 5.74) is 7.56. The van der Waals surface area contributed by atoms with Gasteiger partial charge in [-0.1, -0.05) is 30.3 Å². The maximum Gasteiger partial charge on any atom is 0.0631 e. The lowest BCUT2D eigenvalue weighted by atomic mass is 9.99. The van der Waals surface area contributed by atoms with E-state index < -0.39 is 0 Å². The van der Waals surface area contributed by atoms with E-state index in [9.17, 15) is 0 Å². The number of hydrogen-bond donors (Lipinski definition) is 1. The van der Waals surface area contributed by atoms with E-state index in [4.69, 9.17) is 10.5 Å². The Balaban J connectivity index is 1.80. The van der Waals surface area contributed by atoms with E-state index in [1.165, 1.54) is 5.56 Å². The fourth-order valence-corrected chi connectivity index (χ4v) is 2.58. The van der Waals surface area contributed by atoms with Crippen LogP contribution in [0.25, 0.3) is 0 Å². The van der Waals surface area contributed by atoms with Gasteiger partial charge in [-0.25, -0.2) is 0 Å². The highest BCUT2D eigenvalue weighted by Gasteiger charge is 2.32. The molecule has 0 aromatic heterocycles. The number of nitrogens with two attached hydrogens (primary N) is 1. The summed E-state index contributed by atoms with van der Waals surface area (Å²) in [6.45, 7) is 4.32. The average molecular weight is 233 g/mol. The largest absolute Gasteiger partial charge is 0.372 e. The minimum absolute atomic E-state index is 0.0527. The Labute approximate surface area is 104 Å². The van der Waals surface area contributed by atoms with Crippen molar-refractivity contribution in [2.75, 3.05) is 0 Å². The summed E-state index contributed by atoms with van der Waals surface area (Å²) in [7, 11) is 0. The molecule has 0 bridgehead atoms. The van der Waals surface area contributed by atoms with E-state index in [2.05, 4.69) is 38.1 Å². The molecule has 2 heteroatoms. The van der Waals surface area contributed by atoms with Crippen LogP contribution in [-0.4, -0.2) is 17.7 Å². The summed E-state index contributed by atoms with van der Waals surface area (Å²) in [5, 5.41) is 0. The third-order valence-electron chi connectivity index (χ3n) is 3.46. The lowest BCUT2D eigenvalue weighted by molar-refractivity contribution is -0.0205. The Kier molecular flexibility index (Phi) is 3.85. The van der Waals surface area contributed by atoms with Crippen molar-refractivity contribution in [3.63, 3.8) is 0 Å². The molecule has 2 N–H and O–H groups in total. The molecule has 1 saturated heterocycles. The van der Waals surface area contributed by atoms with Crippen molar-refractivity contribution in [3.05, 3.63) is 35.9 Å². The molecule has 1 aromatic rings. The van der Waals surface area contributed by atoms with Crippen LogP contribution >= 0.6 is 0 Å². The zero-order chi connectivity index (χ0) is 12.3. The summed E-state index contributed by atoms with van der Waals surface area (Å²) in [5.74, 6) is 0. The third-order valence-corrected chi connectivity index (χ3v) is 3.46. The van der Waals surface area contributed by atoms with Crippen molar-refractivity contribution in [2.24, 2.45) is 5.73 Å². The lowest BCUT2D eigenvalue weighted by Gasteiger charge is -2.21. The summed E-state index contributed by atoms with van der Waals surface area (Å²) in [6.07, 6.45) is 4.56. The topological polar surface area (TPSA) is 35.2 Å². The Bertz CT molecular complexity index is 347. The average Bonchev–Trinajstić information content (AvgIpc) is 2.59. The predicted molar refractivity (Wildman–Crippen MR) is 70.9 cm³/mol. The standard InChI is InChI=1S/C15H23NO/c1-15(2)9-8-14(17-15)11-13(16)10-12-6-4-3-5-7-12/h3-7,13-14H,8-11,16H2,1-2H3. The van der Waals surface area contributed by atoms with Gasteiger partial charge in [-0.2, -0.15) is 0 Å². The van der Waals surface area contributed by atoms with E-state index in [-0.39, 0.29) is 11.6 Å². The molecule has 0 saturated carbocycles. The van der Waals surface area contributed by atoms with Crippen LogP contribution in [-0.2, 0) is 11.2 Å². The van der Waals surface area contributed by atoms with Gasteiger partial charge in [0.2, 0.25) is 0 Å². The van der Waals surface area contributed by atoms with Crippen molar-refractivity contribution in [1.29, 1.82) is 0 Å². The summed E-state index contributed by atoms with van der Waals surface area (Å²) in [6, 6.07) is 10.7. The zero-order valence-electron chi connectivity index (χ0n) is 10.9. The van der Waals surface area contributed by atoms with Crippen molar-refractivity contribution in [2.45, 2.75) is 57.3 Å². The second kappa shape index (κ2) is 5.19. The fourth-order valence-electron chi connectivity index (χ4n) is 2.58. The van der Waals surface area contributed by atoms with Crippen molar-refractivity contribution in [3.8, 4) is 0 Å². The highest BCUT2D eigenvalue weighted by Crippen LogP contribution is 2.31. The first-order valence-electron chi connectivity index (χ1n) is 6.52. The molecule has 1 aliphatic rings. The van der Waals surface area contributed by atoms with Gasteiger partial charge in [0.15, 0.2) is 0 Å². The minimum Gasteiger partial charge on any atom is -0.372 e. The first kappa shape index (κ1) is 12.6. The van der Waals surface area contributed by atoms with Crippen LogP contribution in [0.5, 0.6) is 0 Å². The van der Waals surface area contributed by atoms with Gasteiger partial charge < -0.3 is 10.5 Å². The zero-order valence-corrected chi connectivity index (χ0v) is 10.9. The van der Waals surface area contributed by atoms with Gasteiger partial charge in [0.05, 0.1) is 11.7 Å². The van der Waals surface area contributed by atoms with Crippen molar-refractivity contribution in [1.82, 2.24) is 0 Å². The van der Waals surface area contributed by atoms with Crippen LogP contribution in [0.15, 0.2) is 30.3 Å². The van der Waals surface area contributed by atoms with Gasteiger partial charge in [0, 0.05) is 6.04 Å². The normalized spacial score (nSPS) is 24.8. The summed E-state index contributed by atoms with van der Waals surface area (Å²) >= 11 is 0. The van der Waals surface area contributed by atoms with Gasteiger partial charge >= 0.3 is 0 Å². The number of hydrogen-bond acceptors (Lipinski definition) is 2. The van der Waals surface area contributed by atoms with Crippen molar-refractivity contribution >= 4 is 0 Å². The second-order valence-electron chi connectivity index (χ2n) is 5.72.